The van der Waals surface area contributed by atoms with Crippen LogP contribution in [0.5, 0.6) is 0 Å². The van der Waals surface area contributed by atoms with Gasteiger partial charge in [0.1, 0.15) is 5.69 Å². The monoisotopic (exact) mass is 344 g/mol. The van der Waals surface area contributed by atoms with Crippen molar-refractivity contribution in [2.24, 2.45) is 5.92 Å². The first-order valence-corrected chi connectivity index (χ1v) is 9.86. The van der Waals surface area contributed by atoms with Crippen LogP contribution in [0.4, 0.5) is 0 Å². The molecule has 0 N–H and O–H groups in total. The second-order valence-corrected chi connectivity index (χ2v) is 7.67. The topological polar surface area (TPSA) is 58.4 Å². The number of likely N-dealkylation sites (tertiary alicyclic amines) is 2. The van der Waals surface area contributed by atoms with Gasteiger partial charge in [-0.1, -0.05) is 12.8 Å². The Hall–Kier alpha value is -1.85. The number of hydrogen-bond acceptors (Lipinski definition) is 3. The van der Waals surface area contributed by atoms with Crippen LogP contribution in [-0.4, -0.2) is 57.3 Å². The lowest BCUT2D eigenvalue weighted by molar-refractivity contribution is -0.135. The Morgan fingerprint density at radius 2 is 1.56 bits per heavy atom. The zero-order valence-corrected chi connectivity index (χ0v) is 15.0. The van der Waals surface area contributed by atoms with Crippen molar-refractivity contribution < 1.29 is 9.59 Å². The lowest BCUT2D eigenvalue weighted by Gasteiger charge is -2.28. The highest BCUT2D eigenvalue weighted by Gasteiger charge is 2.33. The first-order chi connectivity index (χ1) is 12.2. The van der Waals surface area contributed by atoms with E-state index in [4.69, 9.17) is 0 Å². The van der Waals surface area contributed by atoms with Crippen molar-refractivity contribution in [3.8, 4) is 0 Å². The highest BCUT2D eigenvalue weighted by molar-refractivity contribution is 5.93. The molecule has 3 aliphatic rings. The maximum absolute atomic E-state index is 12.9. The molecule has 2 fully saturated rings. The molecule has 0 spiro atoms. The third-order valence-corrected chi connectivity index (χ3v) is 5.96. The van der Waals surface area contributed by atoms with Crippen LogP contribution in [0.1, 0.15) is 61.1 Å². The Kier molecular flexibility index (Phi) is 4.77. The molecule has 0 aliphatic carbocycles. The molecule has 1 unspecified atom stereocenters. The summed E-state index contributed by atoms with van der Waals surface area (Å²) in [7, 11) is 0. The van der Waals surface area contributed by atoms with Crippen molar-refractivity contribution in [1.82, 2.24) is 19.4 Å². The van der Waals surface area contributed by atoms with Crippen LogP contribution >= 0.6 is 0 Å². The zero-order valence-electron chi connectivity index (χ0n) is 15.0. The molecule has 4 rings (SSSR count). The molecule has 136 valence electrons. The third kappa shape index (κ3) is 3.31. The average molecular weight is 344 g/mol. The van der Waals surface area contributed by atoms with Crippen LogP contribution in [0.15, 0.2) is 6.33 Å². The van der Waals surface area contributed by atoms with Gasteiger partial charge in [-0.2, -0.15) is 0 Å². The summed E-state index contributed by atoms with van der Waals surface area (Å²) < 4.78 is 2.05. The highest BCUT2D eigenvalue weighted by atomic mass is 16.2. The summed E-state index contributed by atoms with van der Waals surface area (Å²) in [6, 6.07) is 0. The minimum Gasteiger partial charge on any atom is -0.342 e. The van der Waals surface area contributed by atoms with Gasteiger partial charge in [0.2, 0.25) is 5.91 Å². The van der Waals surface area contributed by atoms with Gasteiger partial charge in [-0.25, -0.2) is 4.98 Å². The molecule has 3 aliphatic heterocycles. The first kappa shape index (κ1) is 16.6. The molecule has 0 radical (unpaired) electrons. The minimum absolute atomic E-state index is 0.0425. The molecule has 6 heteroatoms. The van der Waals surface area contributed by atoms with E-state index >= 15 is 0 Å². The fraction of sp³-hybridized carbons (Fsp3) is 0.737. The second kappa shape index (κ2) is 7.18. The standard InChI is InChI=1S/C19H28N4O2/c24-18(21-11-5-6-12-21)15-7-8-16-17(20-14-23(16)13-15)19(25)22-9-3-1-2-4-10-22/h14-15H,1-13H2. The zero-order chi connectivity index (χ0) is 17.2. The smallest absolute Gasteiger partial charge is 0.274 e. The molecule has 2 saturated heterocycles. The summed E-state index contributed by atoms with van der Waals surface area (Å²) in [6.45, 7) is 4.18. The Bertz CT molecular complexity index is 640. The summed E-state index contributed by atoms with van der Waals surface area (Å²) in [6.07, 6.45) is 10.2. The Morgan fingerprint density at radius 3 is 2.28 bits per heavy atom. The molecular weight excluding hydrogens is 316 g/mol. The lowest BCUT2D eigenvalue weighted by Crippen LogP contribution is -2.38. The van der Waals surface area contributed by atoms with E-state index in [1.165, 1.54) is 12.8 Å². The van der Waals surface area contributed by atoms with Gasteiger partial charge >= 0.3 is 0 Å². The maximum atomic E-state index is 12.9. The quantitative estimate of drug-likeness (QED) is 0.825. The SMILES string of the molecule is O=C(c1ncn2c1CCC(C(=O)N1CCCC1)C2)N1CCCCCC1. The fourth-order valence-electron chi connectivity index (χ4n) is 4.47. The van der Waals surface area contributed by atoms with Crippen LogP contribution < -0.4 is 0 Å². The first-order valence-electron chi connectivity index (χ1n) is 9.86. The van der Waals surface area contributed by atoms with E-state index in [9.17, 15) is 9.59 Å². The van der Waals surface area contributed by atoms with E-state index in [1.807, 2.05) is 14.4 Å². The number of rotatable bonds is 2. The van der Waals surface area contributed by atoms with Crippen LogP contribution in [0.2, 0.25) is 0 Å². The van der Waals surface area contributed by atoms with Gasteiger partial charge in [0.05, 0.1) is 17.9 Å². The van der Waals surface area contributed by atoms with Gasteiger partial charge in [0.25, 0.3) is 5.91 Å². The Balaban J connectivity index is 1.46. The number of amides is 2. The molecule has 0 bridgehead atoms. The number of fused-ring (bicyclic) bond motifs is 1. The molecule has 4 heterocycles. The number of hydrogen-bond donors (Lipinski definition) is 0. The van der Waals surface area contributed by atoms with Crippen molar-refractivity contribution in [3.63, 3.8) is 0 Å². The fourth-order valence-corrected chi connectivity index (χ4v) is 4.47. The van der Waals surface area contributed by atoms with Crippen LogP contribution in [-0.2, 0) is 17.8 Å². The van der Waals surface area contributed by atoms with E-state index in [1.54, 1.807) is 6.33 Å². The number of carbonyl (C=O) groups excluding carboxylic acids is 2. The molecule has 1 aromatic heterocycles. The summed E-state index contributed by atoms with van der Waals surface area (Å²) in [5, 5.41) is 0. The van der Waals surface area contributed by atoms with Gasteiger partial charge in [0.15, 0.2) is 0 Å². The number of carbonyl (C=O) groups is 2. The van der Waals surface area contributed by atoms with Gasteiger partial charge in [-0.05, 0) is 38.5 Å². The minimum atomic E-state index is 0.0425. The summed E-state index contributed by atoms with van der Waals surface area (Å²) in [5.74, 6) is 0.415. The molecule has 2 amide bonds. The highest BCUT2D eigenvalue weighted by Crippen LogP contribution is 2.26. The van der Waals surface area contributed by atoms with Crippen molar-refractivity contribution >= 4 is 11.8 Å². The molecule has 1 aromatic rings. The molecule has 0 aromatic carbocycles. The summed E-state index contributed by atoms with van der Waals surface area (Å²) in [5.41, 5.74) is 1.65. The van der Waals surface area contributed by atoms with E-state index in [0.29, 0.717) is 12.2 Å². The largest absolute Gasteiger partial charge is 0.342 e. The van der Waals surface area contributed by atoms with Crippen molar-refractivity contribution in [3.05, 3.63) is 17.7 Å². The predicted molar refractivity (Wildman–Crippen MR) is 94.2 cm³/mol. The van der Waals surface area contributed by atoms with Crippen molar-refractivity contribution in [2.45, 2.75) is 57.9 Å². The van der Waals surface area contributed by atoms with Gasteiger partial charge < -0.3 is 14.4 Å². The number of imidazole rings is 1. The van der Waals surface area contributed by atoms with Gasteiger partial charge in [-0.3, -0.25) is 9.59 Å². The van der Waals surface area contributed by atoms with Crippen molar-refractivity contribution in [2.75, 3.05) is 26.2 Å². The van der Waals surface area contributed by atoms with Gasteiger partial charge in [-0.15, -0.1) is 0 Å². The Morgan fingerprint density at radius 1 is 0.920 bits per heavy atom. The van der Waals surface area contributed by atoms with E-state index < -0.39 is 0 Å². The molecule has 0 saturated carbocycles. The molecule has 25 heavy (non-hydrogen) atoms. The normalized spacial score (nSPS) is 24.1. The van der Waals surface area contributed by atoms with E-state index in [-0.39, 0.29) is 17.7 Å². The lowest BCUT2D eigenvalue weighted by atomic mass is 9.95. The van der Waals surface area contributed by atoms with Crippen LogP contribution in [0.3, 0.4) is 0 Å². The van der Waals surface area contributed by atoms with Crippen LogP contribution in [0, 0.1) is 5.92 Å². The number of aromatic nitrogens is 2. The summed E-state index contributed by atoms with van der Waals surface area (Å²) in [4.78, 5) is 34.0. The van der Waals surface area contributed by atoms with Crippen LogP contribution in [0.25, 0.3) is 0 Å². The third-order valence-electron chi connectivity index (χ3n) is 5.96. The Labute approximate surface area is 149 Å². The molecular formula is C19H28N4O2. The van der Waals surface area contributed by atoms with Gasteiger partial charge in [0, 0.05) is 32.7 Å². The second-order valence-electron chi connectivity index (χ2n) is 7.67. The number of nitrogens with zero attached hydrogens (tertiary/aromatic N) is 4. The molecule has 6 nitrogen and oxygen atoms in total. The predicted octanol–water partition coefficient (Wildman–Crippen LogP) is 2.08. The summed E-state index contributed by atoms with van der Waals surface area (Å²) >= 11 is 0. The van der Waals surface area contributed by atoms with E-state index in [0.717, 1.165) is 70.4 Å². The van der Waals surface area contributed by atoms with Crippen molar-refractivity contribution in [1.29, 1.82) is 0 Å². The average Bonchev–Trinajstić information content (AvgIpc) is 3.23. The van der Waals surface area contributed by atoms with E-state index in [2.05, 4.69) is 4.98 Å². The maximum Gasteiger partial charge on any atom is 0.274 e. The molecule has 1 atom stereocenters.